The minimum Gasteiger partial charge on any atom is -0.241 e. The van der Waals surface area contributed by atoms with Crippen LogP contribution in [0.4, 0.5) is 0 Å². The van der Waals surface area contributed by atoms with Crippen molar-refractivity contribution in [1.29, 1.82) is 0 Å². The zero-order chi connectivity index (χ0) is 12.0. The van der Waals surface area contributed by atoms with Crippen LogP contribution >= 0.6 is 11.3 Å². The normalized spacial score (nSPS) is 14.7. The predicted molar refractivity (Wildman–Crippen MR) is 74.0 cm³/mol. The summed E-state index contributed by atoms with van der Waals surface area (Å²) in [6.45, 7) is 10.6. The number of hydrogen-bond acceptors (Lipinski definition) is 2. The highest BCUT2D eigenvalue weighted by atomic mass is 32.1. The van der Waals surface area contributed by atoms with Crippen LogP contribution in [0.15, 0.2) is 12.0 Å². The summed E-state index contributed by atoms with van der Waals surface area (Å²) < 4.78 is 0. The molecular formula is C14H23NS. The predicted octanol–water partition coefficient (Wildman–Crippen LogP) is 5.03. The van der Waals surface area contributed by atoms with Crippen LogP contribution in [0.1, 0.15) is 63.6 Å². The molecule has 1 rings (SSSR count). The Labute approximate surface area is 104 Å². The van der Waals surface area contributed by atoms with Gasteiger partial charge < -0.3 is 0 Å². The lowest BCUT2D eigenvalue weighted by molar-refractivity contribution is 0.389. The SMILES string of the molecule is C=Cc1nc(C(C)(CC)CCCCC)cs1. The first-order valence-electron chi connectivity index (χ1n) is 6.24. The molecule has 16 heavy (non-hydrogen) atoms. The Morgan fingerprint density at radius 2 is 2.19 bits per heavy atom. The van der Waals surface area contributed by atoms with Crippen LogP contribution in [0.2, 0.25) is 0 Å². The molecule has 0 aliphatic carbocycles. The molecule has 0 aliphatic rings. The van der Waals surface area contributed by atoms with E-state index in [1.54, 1.807) is 11.3 Å². The first kappa shape index (κ1) is 13.4. The van der Waals surface area contributed by atoms with Gasteiger partial charge >= 0.3 is 0 Å². The van der Waals surface area contributed by atoms with Gasteiger partial charge in [0.15, 0.2) is 0 Å². The summed E-state index contributed by atoms with van der Waals surface area (Å²) in [5.74, 6) is 0. The fourth-order valence-electron chi connectivity index (χ4n) is 1.91. The van der Waals surface area contributed by atoms with E-state index in [1.165, 1.54) is 31.4 Å². The van der Waals surface area contributed by atoms with Crippen LogP contribution < -0.4 is 0 Å². The summed E-state index contributed by atoms with van der Waals surface area (Å²) >= 11 is 1.70. The molecular weight excluding hydrogens is 214 g/mol. The second-order valence-corrected chi connectivity index (χ2v) is 5.54. The van der Waals surface area contributed by atoms with E-state index < -0.39 is 0 Å². The zero-order valence-corrected chi connectivity index (χ0v) is 11.6. The van der Waals surface area contributed by atoms with Gasteiger partial charge in [-0.1, -0.05) is 46.6 Å². The fourth-order valence-corrected chi connectivity index (χ4v) is 2.73. The summed E-state index contributed by atoms with van der Waals surface area (Å²) in [4.78, 5) is 4.65. The van der Waals surface area contributed by atoms with E-state index >= 15 is 0 Å². The quantitative estimate of drug-likeness (QED) is 0.606. The van der Waals surface area contributed by atoms with Crippen molar-refractivity contribution in [2.24, 2.45) is 0 Å². The largest absolute Gasteiger partial charge is 0.241 e. The van der Waals surface area contributed by atoms with Crippen LogP contribution in [0.25, 0.3) is 6.08 Å². The molecule has 0 aromatic carbocycles. The summed E-state index contributed by atoms with van der Waals surface area (Å²) in [6.07, 6.45) is 8.18. The van der Waals surface area contributed by atoms with E-state index in [2.05, 4.69) is 37.7 Å². The molecule has 0 fully saturated rings. The lowest BCUT2D eigenvalue weighted by Crippen LogP contribution is -2.21. The summed E-state index contributed by atoms with van der Waals surface area (Å²) in [5.41, 5.74) is 1.51. The minimum atomic E-state index is 0.257. The third-order valence-electron chi connectivity index (χ3n) is 3.43. The van der Waals surface area contributed by atoms with E-state index in [4.69, 9.17) is 0 Å². The molecule has 0 bridgehead atoms. The van der Waals surface area contributed by atoms with Crippen molar-refractivity contribution in [3.63, 3.8) is 0 Å². The zero-order valence-electron chi connectivity index (χ0n) is 10.8. The van der Waals surface area contributed by atoms with Gasteiger partial charge in [-0.15, -0.1) is 11.3 Å². The fraction of sp³-hybridized carbons (Fsp3) is 0.643. The average molecular weight is 237 g/mol. The Morgan fingerprint density at radius 1 is 1.44 bits per heavy atom. The van der Waals surface area contributed by atoms with Gasteiger partial charge in [-0.05, 0) is 18.9 Å². The lowest BCUT2D eigenvalue weighted by atomic mass is 9.79. The number of hydrogen-bond donors (Lipinski definition) is 0. The second kappa shape index (κ2) is 6.19. The number of rotatable bonds is 7. The molecule has 0 amide bonds. The van der Waals surface area contributed by atoms with Gasteiger partial charge in [0.25, 0.3) is 0 Å². The standard InChI is InChI=1S/C14H23NS/c1-5-8-9-10-14(4,7-3)12-11-16-13(6-2)15-12/h6,11H,2,5,7-10H2,1,3-4H3. The molecule has 1 atom stereocenters. The van der Waals surface area contributed by atoms with E-state index in [0.29, 0.717) is 0 Å². The van der Waals surface area contributed by atoms with Gasteiger partial charge in [-0.2, -0.15) is 0 Å². The highest BCUT2D eigenvalue weighted by Crippen LogP contribution is 2.33. The number of thiazole rings is 1. The third-order valence-corrected chi connectivity index (χ3v) is 4.27. The summed E-state index contributed by atoms with van der Waals surface area (Å²) in [7, 11) is 0. The maximum Gasteiger partial charge on any atom is 0.115 e. The Hall–Kier alpha value is -0.630. The molecule has 0 saturated carbocycles. The van der Waals surface area contributed by atoms with Crippen LogP contribution in [0.5, 0.6) is 0 Å². The Bertz CT molecular complexity index is 329. The molecule has 1 heterocycles. The van der Waals surface area contributed by atoms with Gasteiger partial charge in [-0.25, -0.2) is 4.98 Å². The van der Waals surface area contributed by atoms with E-state index in [9.17, 15) is 0 Å². The first-order valence-corrected chi connectivity index (χ1v) is 7.12. The summed E-state index contributed by atoms with van der Waals surface area (Å²) in [5, 5.41) is 3.25. The van der Waals surface area contributed by atoms with Gasteiger partial charge in [0, 0.05) is 10.8 Å². The van der Waals surface area contributed by atoms with E-state index in [0.717, 1.165) is 11.4 Å². The molecule has 90 valence electrons. The maximum absolute atomic E-state index is 4.65. The van der Waals surface area contributed by atoms with Crippen molar-refractivity contribution in [3.8, 4) is 0 Å². The lowest BCUT2D eigenvalue weighted by Gasteiger charge is -2.26. The van der Waals surface area contributed by atoms with Crippen molar-refractivity contribution in [3.05, 3.63) is 22.7 Å². The summed E-state index contributed by atoms with van der Waals surface area (Å²) in [6, 6.07) is 0. The molecule has 0 N–H and O–H groups in total. The number of aromatic nitrogens is 1. The average Bonchev–Trinajstić information content (AvgIpc) is 2.78. The molecule has 0 spiro atoms. The first-order chi connectivity index (χ1) is 7.66. The Kier molecular flexibility index (Phi) is 5.20. The van der Waals surface area contributed by atoms with Crippen LogP contribution in [-0.4, -0.2) is 4.98 Å². The molecule has 0 aliphatic heterocycles. The van der Waals surface area contributed by atoms with Crippen molar-refractivity contribution in [1.82, 2.24) is 4.98 Å². The maximum atomic E-state index is 4.65. The number of unbranched alkanes of at least 4 members (excludes halogenated alkanes) is 2. The molecule has 1 nitrogen and oxygen atoms in total. The monoisotopic (exact) mass is 237 g/mol. The highest BCUT2D eigenvalue weighted by molar-refractivity contribution is 7.10. The third kappa shape index (κ3) is 3.18. The van der Waals surface area contributed by atoms with E-state index in [1.807, 2.05) is 6.08 Å². The van der Waals surface area contributed by atoms with Crippen LogP contribution in [0, 0.1) is 0 Å². The van der Waals surface area contributed by atoms with Gasteiger partial charge in [0.1, 0.15) is 5.01 Å². The van der Waals surface area contributed by atoms with Gasteiger partial charge in [0.05, 0.1) is 5.69 Å². The van der Waals surface area contributed by atoms with Crippen LogP contribution in [-0.2, 0) is 5.41 Å². The van der Waals surface area contributed by atoms with Gasteiger partial charge in [0.2, 0.25) is 0 Å². The highest BCUT2D eigenvalue weighted by Gasteiger charge is 2.26. The smallest absolute Gasteiger partial charge is 0.115 e. The minimum absolute atomic E-state index is 0.257. The molecule has 2 heteroatoms. The molecule has 0 radical (unpaired) electrons. The van der Waals surface area contributed by atoms with Gasteiger partial charge in [-0.3, -0.25) is 0 Å². The molecule has 1 aromatic rings. The Morgan fingerprint density at radius 3 is 2.69 bits per heavy atom. The van der Waals surface area contributed by atoms with Crippen molar-refractivity contribution < 1.29 is 0 Å². The molecule has 1 unspecified atom stereocenters. The molecule has 1 aromatic heterocycles. The second-order valence-electron chi connectivity index (χ2n) is 4.65. The van der Waals surface area contributed by atoms with Crippen molar-refractivity contribution in [2.75, 3.05) is 0 Å². The van der Waals surface area contributed by atoms with Crippen molar-refractivity contribution >= 4 is 17.4 Å². The van der Waals surface area contributed by atoms with Crippen LogP contribution in [0.3, 0.4) is 0 Å². The number of nitrogens with zero attached hydrogens (tertiary/aromatic N) is 1. The van der Waals surface area contributed by atoms with E-state index in [-0.39, 0.29) is 5.41 Å². The Balaban J connectivity index is 2.73. The molecule has 0 saturated heterocycles. The topological polar surface area (TPSA) is 12.9 Å². The van der Waals surface area contributed by atoms with Crippen molar-refractivity contribution in [2.45, 2.75) is 58.3 Å².